The molecule has 0 spiro atoms. The molecule has 0 unspecified atom stereocenters. The van der Waals surface area contributed by atoms with Crippen molar-refractivity contribution in [1.82, 2.24) is 0 Å². The Bertz CT molecular complexity index is 732. The molecule has 0 bridgehead atoms. The fourth-order valence-electron chi connectivity index (χ4n) is 2.49. The van der Waals surface area contributed by atoms with Crippen molar-refractivity contribution in [2.24, 2.45) is 0 Å². The van der Waals surface area contributed by atoms with E-state index in [-0.39, 0.29) is 5.56 Å². The van der Waals surface area contributed by atoms with E-state index in [4.69, 9.17) is 14.6 Å². The van der Waals surface area contributed by atoms with Crippen LogP contribution in [0.4, 0.5) is 0 Å². The Balaban J connectivity index is 2.35. The Labute approximate surface area is 143 Å². The van der Waals surface area contributed by atoms with Gasteiger partial charge in [-0.05, 0) is 55.2 Å². The summed E-state index contributed by atoms with van der Waals surface area (Å²) in [6, 6.07) is 12.7. The molecule has 0 aliphatic heterocycles. The van der Waals surface area contributed by atoms with Gasteiger partial charge < -0.3 is 14.6 Å². The van der Waals surface area contributed by atoms with Crippen LogP contribution >= 0.6 is 0 Å². The lowest BCUT2D eigenvalue weighted by Crippen LogP contribution is -2.26. The number of carboxylic acids is 1. The van der Waals surface area contributed by atoms with Crippen molar-refractivity contribution < 1.29 is 19.4 Å². The molecule has 128 valence electrons. The molecule has 0 aromatic heterocycles. The molecule has 0 saturated heterocycles. The summed E-state index contributed by atoms with van der Waals surface area (Å²) in [6.07, 6.45) is 0. The van der Waals surface area contributed by atoms with Crippen LogP contribution in [0.3, 0.4) is 0 Å². The minimum absolute atomic E-state index is 0.242. The van der Waals surface area contributed by atoms with Crippen molar-refractivity contribution in [3.8, 4) is 11.5 Å². The molecule has 4 nitrogen and oxygen atoms in total. The molecule has 0 heterocycles. The van der Waals surface area contributed by atoms with Crippen LogP contribution in [0.15, 0.2) is 42.5 Å². The highest BCUT2D eigenvalue weighted by Crippen LogP contribution is 2.36. The van der Waals surface area contributed by atoms with Crippen molar-refractivity contribution in [2.45, 2.75) is 39.2 Å². The largest absolute Gasteiger partial charge is 0.493 e. The van der Waals surface area contributed by atoms with Crippen LogP contribution in [-0.2, 0) is 5.60 Å². The third-order valence-electron chi connectivity index (χ3n) is 4.02. The zero-order valence-corrected chi connectivity index (χ0v) is 14.8. The lowest BCUT2D eigenvalue weighted by atomic mass is 9.96. The molecule has 0 fully saturated rings. The number of carbonyl (C=O) groups is 1. The second-order valence-corrected chi connectivity index (χ2v) is 6.56. The Morgan fingerprint density at radius 1 is 1.08 bits per heavy atom. The van der Waals surface area contributed by atoms with Gasteiger partial charge in [-0.25, -0.2) is 4.79 Å². The second kappa shape index (κ2) is 6.95. The van der Waals surface area contributed by atoms with E-state index >= 15 is 0 Å². The van der Waals surface area contributed by atoms with Crippen LogP contribution in [0.5, 0.6) is 11.5 Å². The van der Waals surface area contributed by atoms with E-state index in [2.05, 4.69) is 13.8 Å². The molecule has 0 aliphatic carbocycles. The maximum absolute atomic E-state index is 11.2. The van der Waals surface area contributed by atoms with Gasteiger partial charge in [0.05, 0.1) is 12.7 Å². The summed E-state index contributed by atoms with van der Waals surface area (Å²) >= 11 is 0. The number of ether oxygens (including phenoxy) is 2. The van der Waals surface area contributed by atoms with E-state index in [1.54, 1.807) is 25.3 Å². The van der Waals surface area contributed by atoms with Crippen LogP contribution < -0.4 is 9.47 Å². The number of rotatable bonds is 6. The molecule has 2 rings (SSSR count). The van der Waals surface area contributed by atoms with Crippen LogP contribution in [0.1, 0.15) is 55.1 Å². The molecule has 0 radical (unpaired) electrons. The predicted molar refractivity (Wildman–Crippen MR) is 94.1 cm³/mol. The van der Waals surface area contributed by atoms with E-state index in [0.717, 1.165) is 5.56 Å². The maximum Gasteiger partial charge on any atom is 0.335 e. The van der Waals surface area contributed by atoms with E-state index in [9.17, 15) is 4.79 Å². The Kier molecular flexibility index (Phi) is 5.17. The fraction of sp³-hybridized carbons (Fsp3) is 0.350. The van der Waals surface area contributed by atoms with Gasteiger partial charge in [0.25, 0.3) is 0 Å². The van der Waals surface area contributed by atoms with Crippen LogP contribution in [0.2, 0.25) is 0 Å². The minimum Gasteiger partial charge on any atom is -0.493 e. The summed E-state index contributed by atoms with van der Waals surface area (Å²) in [4.78, 5) is 11.2. The SMILES string of the molecule is COc1cc(C(C)C)ccc1OC(C)(C)c1cccc(C(=O)O)c1. The first-order chi connectivity index (χ1) is 11.2. The average Bonchev–Trinajstić information content (AvgIpc) is 2.54. The molecule has 0 atom stereocenters. The van der Waals surface area contributed by atoms with Gasteiger partial charge >= 0.3 is 5.97 Å². The number of hydrogen-bond acceptors (Lipinski definition) is 3. The summed E-state index contributed by atoms with van der Waals surface area (Å²) in [5, 5.41) is 9.17. The predicted octanol–water partition coefficient (Wildman–Crippen LogP) is 4.83. The Morgan fingerprint density at radius 2 is 1.79 bits per heavy atom. The average molecular weight is 328 g/mol. The van der Waals surface area contributed by atoms with Gasteiger partial charge in [0.15, 0.2) is 11.5 Å². The molecule has 0 aliphatic rings. The summed E-state index contributed by atoms with van der Waals surface area (Å²) in [5.41, 5.74) is 1.51. The molecule has 1 N–H and O–H groups in total. The maximum atomic E-state index is 11.2. The third kappa shape index (κ3) is 3.88. The molecule has 2 aromatic carbocycles. The van der Waals surface area contributed by atoms with Crippen molar-refractivity contribution in [2.75, 3.05) is 7.11 Å². The van der Waals surface area contributed by atoms with E-state index in [0.29, 0.717) is 17.4 Å². The summed E-state index contributed by atoms with van der Waals surface area (Å²) < 4.78 is 11.6. The highest BCUT2D eigenvalue weighted by molar-refractivity contribution is 5.87. The standard InChI is InChI=1S/C20H24O4/c1-13(2)14-9-10-17(18(12-14)23-5)24-20(3,4)16-8-6-7-15(11-16)19(21)22/h6-13H,1-5H3,(H,21,22). The summed E-state index contributed by atoms with van der Waals surface area (Å²) in [6.45, 7) is 8.06. The second-order valence-electron chi connectivity index (χ2n) is 6.56. The highest BCUT2D eigenvalue weighted by Gasteiger charge is 2.25. The zero-order chi connectivity index (χ0) is 17.9. The molecule has 2 aromatic rings. The minimum atomic E-state index is -0.952. The lowest BCUT2D eigenvalue weighted by Gasteiger charge is -2.28. The molecule has 4 heteroatoms. The highest BCUT2D eigenvalue weighted by atomic mass is 16.5. The number of hydrogen-bond donors (Lipinski definition) is 1. The van der Waals surface area contributed by atoms with Gasteiger partial charge in [-0.1, -0.05) is 32.0 Å². The van der Waals surface area contributed by atoms with E-state index in [1.165, 1.54) is 5.56 Å². The van der Waals surface area contributed by atoms with Crippen LogP contribution in [0.25, 0.3) is 0 Å². The van der Waals surface area contributed by atoms with Crippen LogP contribution in [-0.4, -0.2) is 18.2 Å². The smallest absolute Gasteiger partial charge is 0.335 e. The molecular weight excluding hydrogens is 304 g/mol. The Hall–Kier alpha value is -2.49. The number of methoxy groups -OCH3 is 1. The topological polar surface area (TPSA) is 55.8 Å². The Morgan fingerprint density at radius 3 is 2.38 bits per heavy atom. The first-order valence-corrected chi connectivity index (χ1v) is 7.95. The summed E-state index contributed by atoms with van der Waals surface area (Å²) in [5.74, 6) is 0.746. The van der Waals surface area contributed by atoms with Gasteiger partial charge in [-0.15, -0.1) is 0 Å². The lowest BCUT2D eigenvalue weighted by molar-refractivity contribution is 0.0695. The fourth-order valence-corrected chi connectivity index (χ4v) is 2.49. The van der Waals surface area contributed by atoms with E-state index in [1.807, 2.05) is 38.1 Å². The van der Waals surface area contributed by atoms with Gasteiger partial charge in [0.2, 0.25) is 0 Å². The molecule has 0 amide bonds. The third-order valence-corrected chi connectivity index (χ3v) is 4.02. The van der Waals surface area contributed by atoms with Gasteiger partial charge in [-0.3, -0.25) is 0 Å². The van der Waals surface area contributed by atoms with Gasteiger partial charge in [-0.2, -0.15) is 0 Å². The number of aromatic carboxylic acids is 1. The number of benzene rings is 2. The zero-order valence-electron chi connectivity index (χ0n) is 14.8. The van der Waals surface area contributed by atoms with Crippen molar-refractivity contribution >= 4 is 5.97 Å². The first-order valence-electron chi connectivity index (χ1n) is 7.95. The quantitative estimate of drug-likeness (QED) is 0.825. The number of carboxylic acid groups (broad SMARTS) is 1. The van der Waals surface area contributed by atoms with Crippen molar-refractivity contribution in [3.05, 3.63) is 59.2 Å². The van der Waals surface area contributed by atoms with Gasteiger partial charge in [0, 0.05) is 0 Å². The first kappa shape index (κ1) is 17.9. The van der Waals surface area contributed by atoms with Crippen molar-refractivity contribution in [3.63, 3.8) is 0 Å². The summed E-state index contributed by atoms with van der Waals surface area (Å²) in [7, 11) is 1.62. The van der Waals surface area contributed by atoms with Gasteiger partial charge in [0.1, 0.15) is 5.60 Å². The van der Waals surface area contributed by atoms with Crippen molar-refractivity contribution in [1.29, 1.82) is 0 Å². The normalized spacial score (nSPS) is 11.4. The van der Waals surface area contributed by atoms with Crippen LogP contribution in [0, 0.1) is 0 Å². The molecule has 0 saturated carbocycles. The monoisotopic (exact) mass is 328 g/mol. The molecular formula is C20H24O4. The van der Waals surface area contributed by atoms with E-state index < -0.39 is 11.6 Å². The molecule has 24 heavy (non-hydrogen) atoms.